The third-order valence-corrected chi connectivity index (χ3v) is 12.2. The monoisotopic (exact) mass is 1390 g/mol. The maximum atomic E-state index is 10.4. The topological polar surface area (TPSA) is 373 Å². The molecule has 0 bridgehead atoms. The van der Waals surface area contributed by atoms with Crippen LogP contribution in [-0.2, 0) is 126 Å². The van der Waals surface area contributed by atoms with Gasteiger partial charge in [-0.15, -0.1) is 16.8 Å². The highest BCUT2D eigenvalue weighted by Gasteiger charge is 2.07. The van der Waals surface area contributed by atoms with E-state index in [0.717, 1.165) is 98.0 Å². The smallest absolute Gasteiger partial charge is 0.338 e. The van der Waals surface area contributed by atoms with Gasteiger partial charge in [0.25, 0.3) is 0 Å². The Balaban J connectivity index is -0.000000463. The highest BCUT2D eigenvalue weighted by Crippen LogP contribution is 2.36. The van der Waals surface area contributed by atoms with Crippen LogP contribution in [0.2, 0.25) is 0 Å². The molecule has 36 heteroatoms. The first-order valence-corrected chi connectivity index (χ1v) is 34.8. The minimum atomic E-state index is -5.14. The molecule has 8 rings (SSSR count). The van der Waals surface area contributed by atoms with E-state index in [1.54, 1.807) is 0 Å². The van der Waals surface area contributed by atoms with Gasteiger partial charge in [0.2, 0.25) is 0 Å². The largest absolute Gasteiger partial charge is 0.507 e. The summed E-state index contributed by atoms with van der Waals surface area (Å²) in [7, 11) is -4.43. The highest BCUT2D eigenvalue weighted by molar-refractivity contribution is 7.46. The number of imidazole rings is 8. The third kappa shape index (κ3) is 51.5. The lowest BCUT2D eigenvalue weighted by Crippen LogP contribution is -1.86. The molecule has 8 aromatic rings. The summed E-state index contributed by atoms with van der Waals surface area (Å²) in [6.07, 6.45) is 24.8. The van der Waals surface area contributed by atoms with Crippen LogP contribution in [0.15, 0.2) is 49.6 Å². The number of aryl methyl sites for hydroxylation is 24. The number of hydrogen-bond acceptors (Lipinski definition) is 12. The highest BCUT2D eigenvalue weighted by atomic mass is 31.2. The molecule has 0 aliphatic carbocycles. The number of hydrogen-bond donors (Lipinski definition) is 8. The molecule has 0 amide bonds. The van der Waals surface area contributed by atoms with E-state index in [1.165, 1.54) is 45.6 Å². The van der Waals surface area contributed by atoms with E-state index in [1.807, 2.05) is 148 Å². The van der Waals surface area contributed by atoms with Crippen molar-refractivity contribution < 1.29 is 74.2 Å². The molecule has 0 spiro atoms. The van der Waals surface area contributed by atoms with Gasteiger partial charge in [-0.1, -0.05) is 55.4 Å². The maximum Gasteiger partial charge on any atom is 0.507 e. The Labute approximate surface area is 540 Å². The Morgan fingerprint density at radius 1 is 0.250 bits per heavy atom. The van der Waals surface area contributed by atoms with Crippen molar-refractivity contribution in [3.05, 3.63) is 142 Å². The fourth-order valence-corrected chi connectivity index (χ4v) is 6.42. The lowest BCUT2D eigenvalue weighted by molar-refractivity contribution is 0.320. The van der Waals surface area contributed by atoms with Gasteiger partial charge >= 0.3 is 31.6 Å². The van der Waals surface area contributed by atoms with E-state index in [-0.39, 0.29) is 0 Å². The summed E-state index contributed by atoms with van der Waals surface area (Å²) >= 11 is 0. The zero-order valence-electron chi connectivity index (χ0n) is 57.9. The fraction of sp³-hybridized carbons (Fsp3) is 0.571. The minimum Gasteiger partial charge on any atom is -0.338 e. The maximum absolute atomic E-state index is 10.4. The Morgan fingerprint density at radius 3 is 0.337 bits per heavy atom. The Hall–Kier alpha value is -6.00. The van der Waals surface area contributed by atoms with Crippen LogP contribution in [0.5, 0.6) is 0 Å². The second-order valence-corrected chi connectivity index (χ2v) is 23.6. The van der Waals surface area contributed by atoms with Gasteiger partial charge in [0.05, 0.1) is 45.6 Å². The van der Waals surface area contributed by atoms with Crippen LogP contribution in [0.1, 0.15) is 148 Å². The molecule has 8 aromatic heterocycles. The van der Waals surface area contributed by atoms with Crippen LogP contribution in [0.4, 0.5) is 16.8 Å². The van der Waals surface area contributed by atoms with Gasteiger partial charge in [-0.05, 0) is 107 Å². The molecule has 0 radical (unpaired) electrons. The molecule has 0 unspecified atom stereocenters. The molecule has 0 fully saturated rings. The summed E-state index contributed by atoms with van der Waals surface area (Å²) in [4.78, 5) is 90.1. The normalized spacial score (nSPS) is 10.5. The SMILES string of the molecule is CCc1cn(C)c(C)n1.CCc1cn(C)c(C)n1.CCc1cn(C)c(C)n1.CCc1cn(C)c(C)n1.CCc1cn(C)c(C)n1.CCc1cn(C)c(C)n1.CCc1cn(C)c(C)n1.CCc1cn(C)c(C)n1.O=P(O)(O)F.O=P(O)(O)F.O=P(O)(O)F.O=P(O)(O)F. The first-order valence-electron chi connectivity index (χ1n) is 28.8. The molecule has 28 nitrogen and oxygen atoms in total. The molecule has 0 saturated heterocycles. The molecular formula is C56H104F4N16O12P4. The van der Waals surface area contributed by atoms with E-state index in [0.29, 0.717) is 0 Å². The van der Waals surface area contributed by atoms with Crippen LogP contribution >= 0.6 is 31.6 Å². The number of nitrogens with zero attached hydrogens (tertiary/aromatic N) is 16. The van der Waals surface area contributed by atoms with Crippen LogP contribution in [-0.4, -0.2) is 116 Å². The van der Waals surface area contributed by atoms with Crippen LogP contribution in [0, 0.1) is 55.4 Å². The molecule has 8 heterocycles. The second kappa shape index (κ2) is 46.1. The van der Waals surface area contributed by atoms with Crippen molar-refractivity contribution in [2.45, 2.75) is 162 Å². The van der Waals surface area contributed by atoms with Crippen molar-refractivity contribution in [2.24, 2.45) is 56.4 Å². The molecule has 528 valence electrons. The molecule has 92 heavy (non-hydrogen) atoms. The zero-order chi connectivity index (χ0) is 72.8. The standard InChI is InChI=1S/8C7H12N2.4FH2O3P/c8*1-4-7-5-9(3)6(2)8-7;4*1-5(2,3)4/h8*5H,4H2,1-3H3;4*(H2,2,3,4). The molecule has 8 N–H and O–H groups in total. The third-order valence-electron chi connectivity index (χ3n) is 12.2. The van der Waals surface area contributed by atoms with Crippen molar-refractivity contribution in [1.29, 1.82) is 0 Å². The number of aromatic nitrogens is 16. The van der Waals surface area contributed by atoms with Gasteiger partial charge in [0.15, 0.2) is 0 Å². The average Bonchev–Trinajstić information content (AvgIpc) is 4.34. The van der Waals surface area contributed by atoms with Gasteiger partial charge in [-0.3, -0.25) is 39.1 Å². The predicted molar refractivity (Wildman–Crippen MR) is 351 cm³/mol. The first kappa shape index (κ1) is 92.4. The van der Waals surface area contributed by atoms with Crippen LogP contribution in [0.3, 0.4) is 0 Å². The summed E-state index contributed by atoms with van der Waals surface area (Å²) in [5.74, 6) is 8.72. The Kier molecular flexibility index (Phi) is 46.4. The fourth-order valence-electron chi connectivity index (χ4n) is 6.42. The molecule has 0 aromatic carbocycles. The second-order valence-electron chi connectivity index (χ2n) is 19.8. The first-order chi connectivity index (χ1) is 41.9. The number of rotatable bonds is 8. The summed E-state index contributed by atoms with van der Waals surface area (Å²) in [6, 6.07) is 0. The molecule has 0 saturated carbocycles. The quantitative estimate of drug-likeness (QED) is 0.0517. The van der Waals surface area contributed by atoms with Crippen molar-refractivity contribution in [1.82, 2.24) is 76.4 Å². The van der Waals surface area contributed by atoms with Gasteiger partial charge in [-0.25, -0.2) is 58.1 Å². The van der Waals surface area contributed by atoms with E-state index >= 15 is 0 Å². The molecule has 0 aliphatic heterocycles. The number of halogens is 4. The molecule has 0 atom stereocenters. The van der Waals surface area contributed by atoms with E-state index in [2.05, 4.69) is 145 Å². The molecule has 0 aliphatic rings. The molecular weight excluding hydrogens is 1290 g/mol. The summed E-state index contributed by atoms with van der Waals surface area (Å²) in [5, 5.41) is 0. The van der Waals surface area contributed by atoms with Crippen molar-refractivity contribution in [2.75, 3.05) is 0 Å². The minimum absolute atomic E-state index is 1.03. The van der Waals surface area contributed by atoms with Crippen LogP contribution in [0.25, 0.3) is 0 Å². The lowest BCUT2D eigenvalue weighted by atomic mass is 10.4. The van der Waals surface area contributed by atoms with Gasteiger partial charge in [0.1, 0.15) is 46.6 Å². The van der Waals surface area contributed by atoms with E-state index < -0.39 is 31.6 Å². The lowest BCUT2D eigenvalue weighted by Gasteiger charge is -1.87. The van der Waals surface area contributed by atoms with E-state index in [9.17, 15) is 16.8 Å². The van der Waals surface area contributed by atoms with Gasteiger partial charge in [0, 0.05) is 106 Å². The van der Waals surface area contributed by atoms with Crippen molar-refractivity contribution in [3.63, 3.8) is 0 Å². The van der Waals surface area contributed by atoms with E-state index in [4.69, 9.17) is 57.4 Å². The Bertz CT molecular complexity index is 2670. The summed E-state index contributed by atoms with van der Waals surface area (Å²) < 4.78 is 92.4. The predicted octanol–water partition coefficient (Wildman–Crippen LogP) is 10.5. The van der Waals surface area contributed by atoms with Gasteiger partial charge in [-0.2, -0.15) is 0 Å². The van der Waals surface area contributed by atoms with Crippen LogP contribution < -0.4 is 0 Å². The summed E-state index contributed by atoms with van der Waals surface area (Å²) in [6.45, 7) is 33.0. The van der Waals surface area contributed by atoms with Gasteiger partial charge < -0.3 is 36.5 Å². The summed E-state index contributed by atoms with van der Waals surface area (Å²) in [5.41, 5.74) is 9.41. The zero-order valence-corrected chi connectivity index (χ0v) is 61.5. The Morgan fingerprint density at radius 2 is 0.315 bits per heavy atom. The average molecular weight is 1390 g/mol. The van der Waals surface area contributed by atoms with Crippen molar-refractivity contribution >= 4 is 31.6 Å². The van der Waals surface area contributed by atoms with Crippen molar-refractivity contribution in [3.8, 4) is 0 Å².